The Morgan fingerprint density at radius 1 is 1.14 bits per heavy atom. The average Bonchev–Trinajstić information content (AvgIpc) is 2.72. The molecule has 1 heterocycles. The van der Waals surface area contributed by atoms with E-state index in [2.05, 4.69) is 5.32 Å². The van der Waals surface area contributed by atoms with E-state index in [1.54, 1.807) is 25.1 Å². The molecule has 1 amide bonds. The summed E-state index contributed by atoms with van der Waals surface area (Å²) in [6, 6.07) is 14.8. The Kier molecular flexibility index (Phi) is 6.60. The van der Waals surface area contributed by atoms with Crippen LogP contribution in [0.1, 0.15) is 54.3 Å². The number of hydrogen-bond acceptors (Lipinski definition) is 3. The summed E-state index contributed by atoms with van der Waals surface area (Å²) in [4.78, 5) is 32.0. The maximum atomic E-state index is 13.3. The molecule has 0 aliphatic rings. The smallest absolute Gasteiger partial charge is 0.292 e. The number of nitrogens with one attached hydrogen (secondary N) is 1. The zero-order valence-electron chi connectivity index (χ0n) is 16.9. The number of amides is 1. The summed E-state index contributed by atoms with van der Waals surface area (Å²) >= 11 is 6.33. The van der Waals surface area contributed by atoms with Gasteiger partial charge in [-0.15, -0.1) is 4.73 Å². The molecule has 0 fully saturated rings. The van der Waals surface area contributed by atoms with E-state index in [0.29, 0.717) is 28.3 Å². The Labute approximate surface area is 175 Å². The average molecular weight is 413 g/mol. The van der Waals surface area contributed by atoms with Crippen LogP contribution in [0.4, 0.5) is 0 Å². The second-order valence-corrected chi connectivity index (χ2v) is 7.31. The maximum absolute atomic E-state index is 13.3. The molecule has 0 bridgehead atoms. The van der Waals surface area contributed by atoms with Crippen LogP contribution in [0.3, 0.4) is 0 Å². The van der Waals surface area contributed by atoms with Crippen LogP contribution in [0.25, 0.3) is 10.8 Å². The van der Waals surface area contributed by atoms with Gasteiger partial charge >= 0.3 is 0 Å². The third-order valence-corrected chi connectivity index (χ3v) is 5.23. The molecule has 0 radical (unpaired) electrons. The minimum Gasteiger partial charge on any atom is -0.411 e. The van der Waals surface area contributed by atoms with E-state index in [1.165, 1.54) is 4.73 Å². The fourth-order valence-corrected chi connectivity index (χ4v) is 3.72. The van der Waals surface area contributed by atoms with Gasteiger partial charge in [-0.3, -0.25) is 9.59 Å². The zero-order valence-corrected chi connectivity index (χ0v) is 17.6. The van der Waals surface area contributed by atoms with Crippen molar-refractivity contribution >= 4 is 28.3 Å². The number of aromatic nitrogens is 1. The second kappa shape index (κ2) is 9.14. The summed E-state index contributed by atoms with van der Waals surface area (Å²) in [5.41, 5.74) is 1.52. The Morgan fingerprint density at radius 2 is 1.86 bits per heavy atom. The molecule has 1 N–H and O–H groups in total. The summed E-state index contributed by atoms with van der Waals surface area (Å²) in [5.74, 6) is -0.265. The first kappa shape index (κ1) is 20.9. The molecule has 1 aromatic heterocycles. The minimum atomic E-state index is -0.358. The number of carbonyl (C=O) groups is 1. The molecule has 2 aromatic carbocycles. The third-order valence-electron chi connectivity index (χ3n) is 4.91. The molecule has 3 rings (SSSR count). The minimum absolute atomic E-state index is 0.144. The first-order chi connectivity index (χ1) is 14.0. The van der Waals surface area contributed by atoms with E-state index in [9.17, 15) is 9.59 Å². The fourth-order valence-electron chi connectivity index (χ4n) is 3.46. The van der Waals surface area contributed by atoms with Gasteiger partial charge in [0.05, 0.1) is 27.7 Å². The highest BCUT2D eigenvalue weighted by Gasteiger charge is 2.23. The van der Waals surface area contributed by atoms with Gasteiger partial charge in [0.15, 0.2) is 0 Å². The van der Waals surface area contributed by atoms with Crippen molar-refractivity contribution in [2.45, 2.75) is 39.7 Å². The SMILES string of the molecule is CCCOn1c(C)c(C(=O)NC(CC)c2ccccc2)c2cccc(Cl)c2c1=O. The Morgan fingerprint density at radius 3 is 2.52 bits per heavy atom. The molecular weight excluding hydrogens is 388 g/mol. The van der Waals surface area contributed by atoms with Crippen LogP contribution >= 0.6 is 11.6 Å². The molecule has 152 valence electrons. The predicted octanol–water partition coefficient (Wildman–Crippen LogP) is 4.68. The Hall–Kier alpha value is -2.79. The molecule has 0 aliphatic carbocycles. The van der Waals surface area contributed by atoms with Crippen molar-refractivity contribution in [2.24, 2.45) is 0 Å². The summed E-state index contributed by atoms with van der Waals surface area (Å²) in [7, 11) is 0. The topological polar surface area (TPSA) is 60.3 Å². The number of carbonyl (C=O) groups excluding carboxylic acids is 1. The molecule has 29 heavy (non-hydrogen) atoms. The molecule has 0 saturated carbocycles. The van der Waals surface area contributed by atoms with E-state index < -0.39 is 0 Å². The van der Waals surface area contributed by atoms with Gasteiger partial charge in [0.2, 0.25) is 0 Å². The van der Waals surface area contributed by atoms with Gasteiger partial charge < -0.3 is 10.2 Å². The number of halogens is 1. The van der Waals surface area contributed by atoms with Crippen molar-refractivity contribution < 1.29 is 9.63 Å². The van der Waals surface area contributed by atoms with Crippen LogP contribution in [-0.2, 0) is 0 Å². The molecule has 1 atom stereocenters. The molecule has 0 spiro atoms. The van der Waals surface area contributed by atoms with Crippen molar-refractivity contribution in [3.8, 4) is 0 Å². The molecule has 0 saturated heterocycles. The third kappa shape index (κ3) is 4.15. The highest BCUT2D eigenvalue weighted by atomic mass is 35.5. The maximum Gasteiger partial charge on any atom is 0.292 e. The standard InChI is InChI=1S/C23H25ClN2O3/c1-4-14-29-26-15(3)20(17-12-9-13-18(24)21(17)23(26)28)22(27)25-19(5-2)16-10-7-6-8-11-16/h6-13,19H,4-5,14H2,1-3H3,(H,25,27). The number of nitrogens with zero attached hydrogens (tertiary/aromatic N) is 1. The highest BCUT2D eigenvalue weighted by Crippen LogP contribution is 2.26. The van der Waals surface area contributed by atoms with Gasteiger partial charge in [-0.25, -0.2) is 0 Å². The summed E-state index contributed by atoms with van der Waals surface area (Å²) in [5, 5.41) is 4.21. The monoisotopic (exact) mass is 412 g/mol. The van der Waals surface area contributed by atoms with Gasteiger partial charge in [0.25, 0.3) is 11.5 Å². The molecular formula is C23H25ClN2O3. The van der Waals surface area contributed by atoms with E-state index >= 15 is 0 Å². The number of pyridine rings is 1. The van der Waals surface area contributed by atoms with Crippen LogP contribution in [0, 0.1) is 6.92 Å². The molecule has 5 nitrogen and oxygen atoms in total. The molecule has 1 unspecified atom stereocenters. The quantitative estimate of drug-likeness (QED) is 0.612. The van der Waals surface area contributed by atoms with E-state index in [4.69, 9.17) is 16.4 Å². The van der Waals surface area contributed by atoms with Crippen molar-refractivity contribution in [3.63, 3.8) is 0 Å². The van der Waals surface area contributed by atoms with E-state index in [1.807, 2.05) is 44.2 Å². The molecule has 0 aliphatic heterocycles. The van der Waals surface area contributed by atoms with E-state index in [0.717, 1.165) is 18.4 Å². The lowest BCUT2D eigenvalue weighted by atomic mass is 10.0. The van der Waals surface area contributed by atoms with Gasteiger partial charge in [-0.05, 0) is 31.4 Å². The second-order valence-electron chi connectivity index (χ2n) is 6.90. The van der Waals surface area contributed by atoms with Gasteiger partial charge in [-0.1, -0.05) is 67.9 Å². The Bertz CT molecular complexity index is 1080. The fraction of sp³-hybridized carbons (Fsp3) is 0.304. The predicted molar refractivity (Wildman–Crippen MR) is 117 cm³/mol. The number of hydrogen-bond donors (Lipinski definition) is 1. The molecule has 3 aromatic rings. The normalized spacial score (nSPS) is 12.0. The van der Waals surface area contributed by atoms with Crippen molar-refractivity contribution in [1.29, 1.82) is 0 Å². The summed E-state index contributed by atoms with van der Waals surface area (Å²) in [6.45, 7) is 6.05. The van der Waals surface area contributed by atoms with Crippen LogP contribution in [-0.4, -0.2) is 17.2 Å². The van der Waals surface area contributed by atoms with Crippen molar-refractivity contribution in [1.82, 2.24) is 10.0 Å². The molecule has 6 heteroatoms. The zero-order chi connectivity index (χ0) is 21.0. The van der Waals surface area contributed by atoms with Crippen LogP contribution < -0.4 is 15.7 Å². The van der Waals surface area contributed by atoms with Crippen LogP contribution in [0.15, 0.2) is 53.3 Å². The highest BCUT2D eigenvalue weighted by molar-refractivity contribution is 6.36. The van der Waals surface area contributed by atoms with Crippen LogP contribution in [0.2, 0.25) is 5.02 Å². The Balaban J connectivity index is 2.13. The van der Waals surface area contributed by atoms with Gasteiger partial charge in [0.1, 0.15) is 6.61 Å². The van der Waals surface area contributed by atoms with E-state index in [-0.39, 0.29) is 22.9 Å². The first-order valence-corrected chi connectivity index (χ1v) is 10.2. The lowest BCUT2D eigenvalue weighted by Crippen LogP contribution is -2.35. The number of rotatable bonds is 7. The summed E-state index contributed by atoms with van der Waals surface area (Å²) < 4.78 is 1.19. The van der Waals surface area contributed by atoms with Crippen molar-refractivity contribution in [2.75, 3.05) is 6.61 Å². The van der Waals surface area contributed by atoms with Crippen molar-refractivity contribution in [3.05, 3.63) is 80.7 Å². The first-order valence-electron chi connectivity index (χ1n) is 9.82. The lowest BCUT2D eigenvalue weighted by Gasteiger charge is -2.21. The number of benzene rings is 2. The largest absolute Gasteiger partial charge is 0.411 e. The van der Waals surface area contributed by atoms with Gasteiger partial charge in [-0.2, -0.15) is 0 Å². The number of fused-ring (bicyclic) bond motifs is 1. The van der Waals surface area contributed by atoms with Gasteiger partial charge in [0, 0.05) is 5.39 Å². The summed E-state index contributed by atoms with van der Waals surface area (Å²) in [6.07, 6.45) is 1.47. The lowest BCUT2D eigenvalue weighted by molar-refractivity contribution is 0.0892. The van der Waals surface area contributed by atoms with Crippen LogP contribution in [0.5, 0.6) is 0 Å².